The third-order valence-corrected chi connectivity index (χ3v) is 3.45. The van der Waals surface area contributed by atoms with E-state index in [4.69, 9.17) is 9.47 Å². The van der Waals surface area contributed by atoms with Crippen LogP contribution in [0.5, 0.6) is 0 Å². The maximum atomic E-state index is 5.43. The fourth-order valence-electron chi connectivity index (χ4n) is 2.26. The Hall–Kier alpha value is -0.120. The second-order valence-electron chi connectivity index (χ2n) is 4.83. The van der Waals surface area contributed by atoms with Gasteiger partial charge in [-0.3, -0.25) is 4.90 Å². The first-order valence-electron chi connectivity index (χ1n) is 5.56. The topological polar surface area (TPSA) is 21.7 Å². The molecule has 14 heavy (non-hydrogen) atoms. The molecular formula is C11H21NO2. The highest BCUT2D eigenvalue weighted by molar-refractivity contribution is 4.96. The van der Waals surface area contributed by atoms with Gasteiger partial charge in [0.05, 0.1) is 19.8 Å². The summed E-state index contributed by atoms with van der Waals surface area (Å²) in [6.45, 7) is 7.26. The van der Waals surface area contributed by atoms with E-state index in [1.807, 2.05) is 7.11 Å². The molecule has 3 nitrogen and oxygen atoms in total. The molecule has 0 aromatic heterocycles. The van der Waals surface area contributed by atoms with E-state index in [0.717, 1.165) is 26.4 Å². The molecule has 1 aliphatic carbocycles. The Kier molecular flexibility index (Phi) is 3.10. The lowest BCUT2D eigenvalue weighted by molar-refractivity contribution is -0.0166. The van der Waals surface area contributed by atoms with E-state index in [9.17, 15) is 0 Å². The minimum atomic E-state index is 0.486. The van der Waals surface area contributed by atoms with Crippen LogP contribution in [0.3, 0.4) is 0 Å². The van der Waals surface area contributed by atoms with Crippen LogP contribution in [-0.4, -0.2) is 51.0 Å². The smallest absolute Gasteiger partial charge is 0.0619 e. The van der Waals surface area contributed by atoms with Gasteiger partial charge in [0.1, 0.15) is 0 Å². The lowest BCUT2D eigenvalue weighted by Crippen LogP contribution is -2.46. The molecule has 0 spiro atoms. The fraction of sp³-hybridized carbons (Fsp3) is 1.00. The van der Waals surface area contributed by atoms with Gasteiger partial charge in [0.25, 0.3) is 0 Å². The van der Waals surface area contributed by atoms with Gasteiger partial charge in [-0.05, 0) is 19.8 Å². The van der Waals surface area contributed by atoms with E-state index < -0.39 is 0 Å². The summed E-state index contributed by atoms with van der Waals surface area (Å²) in [4.78, 5) is 2.55. The van der Waals surface area contributed by atoms with Gasteiger partial charge in [-0.1, -0.05) is 0 Å². The summed E-state index contributed by atoms with van der Waals surface area (Å²) in [6.07, 6.45) is 2.68. The molecule has 1 atom stereocenters. The molecular weight excluding hydrogens is 178 g/mol. The summed E-state index contributed by atoms with van der Waals surface area (Å²) in [5, 5.41) is 0. The summed E-state index contributed by atoms with van der Waals surface area (Å²) in [7, 11) is 1.81. The first-order valence-corrected chi connectivity index (χ1v) is 5.56. The molecule has 0 aromatic carbocycles. The summed E-state index contributed by atoms with van der Waals surface area (Å²) < 4.78 is 10.7. The predicted octanol–water partition coefficient (Wildman–Crippen LogP) is 1.13. The summed E-state index contributed by atoms with van der Waals surface area (Å²) >= 11 is 0. The zero-order valence-electron chi connectivity index (χ0n) is 9.29. The van der Waals surface area contributed by atoms with E-state index in [-0.39, 0.29) is 0 Å². The predicted molar refractivity (Wildman–Crippen MR) is 55.4 cm³/mol. The third-order valence-electron chi connectivity index (χ3n) is 3.45. The molecule has 0 unspecified atom stereocenters. The second-order valence-corrected chi connectivity index (χ2v) is 4.83. The molecule has 1 heterocycles. The van der Waals surface area contributed by atoms with Crippen LogP contribution in [0.2, 0.25) is 0 Å². The number of morpholine rings is 1. The number of hydrogen-bond acceptors (Lipinski definition) is 3. The van der Waals surface area contributed by atoms with Gasteiger partial charge in [-0.25, -0.2) is 0 Å². The minimum Gasteiger partial charge on any atom is -0.384 e. The maximum Gasteiger partial charge on any atom is 0.0619 e. The molecule has 2 aliphatic rings. The maximum absolute atomic E-state index is 5.43. The van der Waals surface area contributed by atoms with Crippen LogP contribution in [0.15, 0.2) is 0 Å². The van der Waals surface area contributed by atoms with E-state index in [2.05, 4.69) is 11.8 Å². The molecule has 0 bridgehead atoms. The molecule has 82 valence electrons. The highest BCUT2D eigenvalue weighted by Crippen LogP contribution is 2.46. The Bertz CT molecular complexity index is 192. The van der Waals surface area contributed by atoms with Gasteiger partial charge in [0.15, 0.2) is 0 Å². The molecule has 0 aromatic rings. The van der Waals surface area contributed by atoms with Crippen molar-refractivity contribution in [3.05, 3.63) is 0 Å². The molecule has 1 aliphatic heterocycles. The third kappa shape index (κ3) is 2.27. The van der Waals surface area contributed by atoms with Crippen LogP contribution in [0.1, 0.15) is 19.8 Å². The number of ether oxygens (including phenoxy) is 2. The van der Waals surface area contributed by atoms with Crippen LogP contribution in [0, 0.1) is 5.41 Å². The second kappa shape index (κ2) is 4.17. The number of nitrogens with zero attached hydrogens (tertiary/aromatic N) is 1. The van der Waals surface area contributed by atoms with Gasteiger partial charge in [0, 0.05) is 31.7 Å². The van der Waals surface area contributed by atoms with Crippen molar-refractivity contribution < 1.29 is 9.47 Å². The molecule has 2 fully saturated rings. The Morgan fingerprint density at radius 3 is 2.86 bits per heavy atom. The van der Waals surface area contributed by atoms with Gasteiger partial charge < -0.3 is 9.47 Å². The van der Waals surface area contributed by atoms with Crippen molar-refractivity contribution in [2.24, 2.45) is 5.41 Å². The largest absolute Gasteiger partial charge is 0.384 e. The Balaban J connectivity index is 1.83. The number of rotatable bonds is 4. The van der Waals surface area contributed by atoms with Gasteiger partial charge >= 0.3 is 0 Å². The van der Waals surface area contributed by atoms with E-state index in [1.165, 1.54) is 19.4 Å². The lowest BCUT2D eigenvalue weighted by Gasteiger charge is -2.35. The molecule has 0 N–H and O–H groups in total. The molecule has 0 amide bonds. The van der Waals surface area contributed by atoms with Crippen molar-refractivity contribution in [1.82, 2.24) is 4.90 Å². The molecule has 2 rings (SSSR count). The molecule has 3 heteroatoms. The standard InChI is InChI=1S/C11H21NO2/c1-10-7-14-6-5-12(10)8-11(3-4-11)9-13-2/h10H,3-9H2,1-2H3/t10-/m1/s1. The lowest BCUT2D eigenvalue weighted by atomic mass is 10.1. The quantitative estimate of drug-likeness (QED) is 0.677. The first-order chi connectivity index (χ1) is 6.76. The normalized spacial score (nSPS) is 31.7. The number of methoxy groups -OCH3 is 1. The Morgan fingerprint density at radius 2 is 2.29 bits per heavy atom. The summed E-state index contributed by atoms with van der Waals surface area (Å²) in [5.74, 6) is 0. The Morgan fingerprint density at radius 1 is 1.50 bits per heavy atom. The molecule has 1 saturated carbocycles. The van der Waals surface area contributed by atoms with Crippen molar-refractivity contribution in [1.29, 1.82) is 0 Å². The van der Waals surface area contributed by atoms with E-state index in [1.54, 1.807) is 0 Å². The zero-order valence-corrected chi connectivity index (χ0v) is 9.29. The summed E-state index contributed by atoms with van der Waals surface area (Å²) in [6, 6.07) is 0.582. The fourth-order valence-corrected chi connectivity index (χ4v) is 2.26. The van der Waals surface area contributed by atoms with Crippen molar-refractivity contribution >= 4 is 0 Å². The van der Waals surface area contributed by atoms with E-state index >= 15 is 0 Å². The molecule has 0 radical (unpaired) electrons. The Labute approximate surface area is 86.4 Å². The number of hydrogen-bond donors (Lipinski definition) is 0. The SMILES string of the molecule is COCC1(CN2CCOC[C@H]2C)CC1. The average Bonchev–Trinajstić information content (AvgIpc) is 2.90. The van der Waals surface area contributed by atoms with E-state index in [0.29, 0.717) is 11.5 Å². The van der Waals surface area contributed by atoms with Crippen LogP contribution in [0.25, 0.3) is 0 Å². The van der Waals surface area contributed by atoms with Gasteiger partial charge in [-0.15, -0.1) is 0 Å². The highest BCUT2D eigenvalue weighted by Gasteiger charge is 2.44. The van der Waals surface area contributed by atoms with Gasteiger partial charge in [-0.2, -0.15) is 0 Å². The highest BCUT2D eigenvalue weighted by atomic mass is 16.5. The van der Waals surface area contributed by atoms with Crippen LogP contribution in [0.4, 0.5) is 0 Å². The average molecular weight is 199 g/mol. The summed E-state index contributed by atoms with van der Waals surface area (Å²) in [5.41, 5.74) is 0.486. The van der Waals surface area contributed by atoms with Crippen molar-refractivity contribution in [3.63, 3.8) is 0 Å². The zero-order chi connectivity index (χ0) is 10.0. The van der Waals surface area contributed by atoms with Crippen LogP contribution in [-0.2, 0) is 9.47 Å². The van der Waals surface area contributed by atoms with Crippen LogP contribution >= 0.6 is 0 Å². The monoisotopic (exact) mass is 199 g/mol. The minimum absolute atomic E-state index is 0.486. The molecule has 1 saturated heterocycles. The van der Waals surface area contributed by atoms with Crippen molar-refractivity contribution in [2.45, 2.75) is 25.8 Å². The van der Waals surface area contributed by atoms with Crippen LogP contribution < -0.4 is 0 Å². The van der Waals surface area contributed by atoms with Crippen molar-refractivity contribution in [3.8, 4) is 0 Å². The van der Waals surface area contributed by atoms with Gasteiger partial charge in [0.2, 0.25) is 0 Å². The van der Waals surface area contributed by atoms with Crippen molar-refractivity contribution in [2.75, 3.05) is 40.0 Å². The first kappa shape index (κ1) is 10.4.